The second kappa shape index (κ2) is 7.79. The van der Waals surface area contributed by atoms with Gasteiger partial charge >= 0.3 is 5.97 Å². The zero-order valence-corrected chi connectivity index (χ0v) is 19.8. The lowest BCUT2D eigenvalue weighted by atomic mass is 9.75. The average Bonchev–Trinajstić information content (AvgIpc) is 3.55. The quantitative estimate of drug-likeness (QED) is 0.540. The predicted octanol–water partition coefficient (Wildman–Crippen LogP) is 1.82. The Labute approximate surface area is 206 Å². The van der Waals surface area contributed by atoms with Crippen molar-refractivity contribution in [1.82, 2.24) is 10.2 Å². The summed E-state index contributed by atoms with van der Waals surface area (Å²) in [6.45, 7) is 3.92. The first-order valence-corrected chi connectivity index (χ1v) is 11.9. The van der Waals surface area contributed by atoms with Crippen LogP contribution >= 0.6 is 0 Å². The van der Waals surface area contributed by atoms with Gasteiger partial charge in [-0.3, -0.25) is 29.4 Å². The first-order chi connectivity index (χ1) is 17.2. The molecule has 10 nitrogen and oxygen atoms in total. The van der Waals surface area contributed by atoms with Gasteiger partial charge in [-0.15, -0.1) is 0 Å². The van der Waals surface area contributed by atoms with Crippen LogP contribution in [0.5, 0.6) is 11.5 Å². The van der Waals surface area contributed by atoms with Crippen molar-refractivity contribution in [2.24, 2.45) is 11.8 Å². The summed E-state index contributed by atoms with van der Waals surface area (Å²) in [5.74, 6) is -2.97. The summed E-state index contributed by atoms with van der Waals surface area (Å²) in [5.41, 5.74) is 2.28. The maximum atomic E-state index is 13.9. The number of nitrogens with one attached hydrogen (secondary N) is 2. The molecule has 0 saturated carbocycles. The number of rotatable bonds is 5. The fourth-order valence-electron chi connectivity index (χ4n) is 6.22. The third-order valence-corrected chi connectivity index (χ3v) is 7.70. The number of amides is 3. The number of carbonyl (C=O) groups excluding carboxylic acids is 3. The maximum absolute atomic E-state index is 13.9. The SMILES string of the molecule is Cc1cc(C)c2c(c1)[C@@]1(N[C@@H](CCC(=O)O)[C@H]3C(=O)N(Cc4ccc5c(c4)OCO5)C(=O)[C@H]31)C(=O)N2. The fraction of sp³-hybridized carbons (Fsp3) is 0.385. The number of carboxylic acid groups (broad SMARTS) is 1. The maximum Gasteiger partial charge on any atom is 0.303 e. The highest BCUT2D eigenvalue weighted by Gasteiger charge is 2.70. The van der Waals surface area contributed by atoms with Crippen molar-refractivity contribution in [3.8, 4) is 11.5 Å². The Kier molecular flexibility index (Phi) is 4.88. The number of aryl methyl sites for hydroxylation is 2. The molecule has 3 N–H and O–H groups in total. The van der Waals surface area contributed by atoms with E-state index in [1.165, 1.54) is 4.90 Å². The molecule has 6 rings (SSSR count). The molecule has 0 unspecified atom stereocenters. The number of imide groups is 1. The zero-order valence-electron chi connectivity index (χ0n) is 19.8. The van der Waals surface area contributed by atoms with Crippen molar-refractivity contribution in [1.29, 1.82) is 0 Å². The Morgan fingerprint density at radius 1 is 1.11 bits per heavy atom. The van der Waals surface area contributed by atoms with Gasteiger partial charge in [-0.1, -0.05) is 23.8 Å². The van der Waals surface area contributed by atoms with Crippen LogP contribution in [0.15, 0.2) is 30.3 Å². The van der Waals surface area contributed by atoms with E-state index >= 15 is 0 Å². The summed E-state index contributed by atoms with van der Waals surface area (Å²) in [6, 6.07) is 8.39. The van der Waals surface area contributed by atoms with Gasteiger partial charge in [0.25, 0.3) is 0 Å². The van der Waals surface area contributed by atoms with E-state index in [-0.39, 0.29) is 26.2 Å². The van der Waals surface area contributed by atoms with Crippen molar-refractivity contribution in [3.63, 3.8) is 0 Å². The number of benzene rings is 2. The molecule has 10 heteroatoms. The van der Waals surface area contributed by atoms with E-state index in [2.05, 4.69) is 10.6 Å². The molecule has 2 fully saturated rings. The van der Waals surface area contributed by atoms with E-state index in [1.807, 2.05) is 26.0 Å². The summed E-state index contributed by atoms with van der Waals surface area (Å²) >= 11 is 0. The van der Waals surface area contributed by atoms with E-state index < -0.39 is 47.1 Å². The molecule has 0 bridgehead atoms. The predicted molar refractivity (Wildman–Crippen MR) is 125 cm³/mol. The summed E-state index contributed by atoms with van der Waals surface area (Å²) in [5, 5.41) is 15.5. The molecule has 4 heterocycles. The molecule has 0 aliphatic carbocycles. The van der Waals surface area contributed by atoms with Gasteiger partial charge in [-0.25, -0.2) is 0 Å². The number of hydrogen-bond acceptors (Lipinski definition) is 7. The first-order valence-electron chi connectivity index (χ1n) is 11.9. The molecule has 36 heavy (non-hydrogen) atoms. The van der Waals surface area contributed by atoms with Crippen LogP contribution in [0.4, 0.5) is 5.69 Å². The third kappa shape index (κ3) is 3.07. The van der Waals surface area contributed by atoms with Crippen LogP contribution < -0.4 is 20.1 Å². The molecular formula is C26H25N3O7. The Hall–Kier alpha value is -3.92. The van der Waals surface area contributed by atoms with Crippen LogP contribution in [0.2, 0.25) is 0 Å². The van der Waals surface area contributed by atoms with Crippen LogP contribution in [0.25, 0.3) is 0 Å². The van der Waals surface area contributed by atoms with Crippen LogP contribution in [0.3, 0.4) is 0 Å². The summed E-state index contributed by atoms with van der Waals surface area (Å²) < 4.78 is 10.8. The highest BCUT2D eigenvalue weighted by molar-refractivity contribution is 6.15. The van der Waals surface area contributed by atoms with Crippen molar-refractivity contribution >= 4 is 29.4 Å². The summed E-state index contributed by atoms with van der Waals surface area (Å²) in [7, 11) is 0. The second-order valence-electron chi connectivity index (χ2n) is 9.90. The molecule has 0 radical (unpaired) electrons. The monoisotopic (exact) mass is 491 g/mol. The molecule has 2 aromatic rings. The summed E-state index contributed by atoms with van der Waals surface area (Å²) in [6.07, 6.45) is -0.0789. The largest absolute Gasteiger partial charge is 0.481 e. The van der Waals surface area contributed by atoms with Crippen LogP contribution in [0, 0.1) is 25.7 Å². The average molecular weight is 492 g/mol. The standard InChI is InChI=1S/C26H25N3O7/c1-12-7-13(2)22-15(8-12)26(25(34)27-22)21-20(16(28-26)4-6-19(30)31)23(32)29(24(21)33)10-14-3-5-17-18(9-14)36-11-35-17/h3,5,7-9,16,20-21,28H,4,6,10-11H2,1-2H3,(H,27,34)(H,30,31)/t16-,20+,21-,26-/m0/s1. The van der Waals surface area contributed by atoms with Crippen LogP contribution in [-0.4, -0.2) is 46.5 Å². The lowest BCUT2D eigenvalue weighted by molar-refractivity contribution is -0.144. The molecule has 0 aromatic heterocycles. The zero-order chi connectivity index (χ0) is 25.4. The lowest BCUT2D eigenvalue weighted by Crippen LogP contribution is -2.53. The van der Waals surface area contributed by atoms with E-state index in [9.17, 15) is 24.3 Å². The molecule has 4 aliphatic heterocycles. The van der Waals surface area contributed by atoms with E-state index in [0.717, 1.165) is 11.1 Å². The van der Waals surface area contributed by atoms with Gasteiger partial charge in [0.05, 0.1) is 18.4 Å². The minimum atomic E-state index is -1.45. The minimum absolute atomic E-state index is 0.0182. The number of anilines is 1. The number of nitrogens with zero attached hydrogens (tertiary/aromatic N) is 1. The minimum Gasteiger partial charge on any atom is -0.481 e. The van der Waals surface area contributed by atoms with Crippen molar-refractivity contribution in [3.05, 3.63) is 52.6 Å². The Morgan fingerprint density at radius 2 is 1.89 bits per heavy atom. The highest BCUT2D eigenvalue weighted by atomic mass is 16.7. The molecule has 186 valence electrons. The molecule has 3 amide bonds. The number of fused-ring (bicyclic) bond motifs is 5. The van der Waals surface area contributed by atoms with Crippen LogP contribution in [-0.2, 0) is 31.3 Å². The second-order valence-corrected chi connectivity index (χ2v) is 9.90. The highest BCUT2D eigenvalue weighted by Crippen LogP contribution is 2.54. The number of aliphatic carboxylic acids is 1. The van der Waals surface area contributed by atoms with Gasteiger partial charge in [0.1, 0.15) is 5.54 Å². The first kappa shape index (κ1) is 22.5. The van der Waals surface area contributed by atoms with Gasteiger partial charge in [0, 0.05) is 23.7 Å². The number of ether oxygens (including phenoxy) is 2. The normalized spacial score (nSPS) is 27.6. The van der Waals surface area contributed by atoms with Gasteiger partial charge < -0.3 is 19.9 Å². The smallest absolute Gasteiger partial charge is 0.303 e. The van der Waals surface area contributed by atoms with Crippen molar-refractivity contribution < 1.29 is 33.8 Å². The summed E-state index contributed by atoms with van der Waals surface area (Å²) in [4.78, 5) is 53.8. The molecular weight excluding hydrogens is 466 g/mol. The topological polar surface area (TPSA) is 134 Å². The van der Waals surface area contributed by atoms with Gasteiger partial charge in [-0.2, -0.15) is 0 Å². The Morgan fingerprint density at radius 3 is 2.67 bits per heavy atom. The number of hydrogen-bond donors (Lipinski definition) is 3. The van der Waals surface area contributed by atoms with E-state index in [0.29, 0.717) is 28.3 Å². The lowest BCUT2D eigenvalue weighted by Gasteiger charge is -2.30. The fourth-order valence-corrected chi connectivity index (χ4v) is 6.22. The van der Waals surface area contributed by atoms with Gasteiger partial charge in [0.15, 0.2) is 11.5 Å². The molecule has 4 atom stereocenters. The van der Waals surface area contributed by atoms with Crippen molar-refractivity contribution in [2.75, 3.05) is 12.1 Å². The van der Waals surface area contributed by atoms with Gasteiger partial charge in [0.2, 0.25) is 24.5 Å². The Balaban J connectivity index is 1.42. The third-order valence-electron chi connectivity index (χ3n) is 7.70. The number of carboxylic acids is 1. The number of likely N-dealkylation sites (tertiary alicyclic amines) is 1. The van der Waals surface area contributed by atoms with Crippen molar-refractivity contribution in [2.45, 2.75) is 44.8 Å². The van der Waals surface area contributed by atoms with Gasteiger partial charge in [-0.05, 0) is 43.5 Å². The number of carbonyl (C=O) groups is 4. The van der Waals surface area contributed by atoms with E-state index in [1.54, 1.807) is 18.2 Å². The van der Waals surface area contributed by atoms with E-state index in [4.69, 9.17) is 9.47 Å². The van der Waals surface area contributed by atoms with Crippen LogP contribution in [0.1, 0.15) is 35.1 Å². The molecule has 1 spiro atoms. The Bertz CT molecular complexity index is 1360. The molecule has 2 aromatic carbocycles. The molecule has 4 aliphatic rings. The molecule has 2 saturated heterocycles.